The molecule has 0 spiro atoms. The molecule has 0 atom stereocenters. The van der Waals surface area contributed by atoms with Crippen molar-refractivity contribution >= 4 is 11.5 Å². The second-order valence-electron chi connectivity index (χ2n) is 2.80. The van der Waals surface area contributed by atoms with Gasteiger partial charge >= 0.3 is 0 Å². The van der Waals surface area contributed by atoms with Crippen molar-refractivity contribution in [1.29, 1.82) is 0 Å². The SMILES string of the molecule is Fc1ccccc1Nc1nccnc1F. The van der Waals surface area contributed by atoms with Crippen LogP contribution in [0.3, 0.4) is 0 Å². The Balaban J connectivity index is 2.30. The van der Waals surface area contributed by atoms with Gasteiger partial charge in [0.25, 0.3) is 5.95 Å². The van der Waals surface area contributed by atoms with Crippen LogP contribution in [0.2, 0.25) is 0 Å². The van der Waals surface area contributed by atoms with Gasteiger partial charge in [-0.2, -0.15) is 4.39 Å². The Kier molecular flexibility index (Phi) is 2.53. The van der Waals surface area contributed by atoms with Crippen molar-refractivity contribution in [2.45, 2.75) is 0 Å². The zero-order valence-corrected chi connectivity index (χ0v) is 7.61. The number of hydrogen-bond acceptors (Lipinski definition) is 3. The maximum Gasteiger partial charge on any atom is 0.255 e. The minimum Gasteiger partial charge on any atom is -0.334 e. The van der Waals surface area contributed by atoms with Gasteiger partial charge in [0.15, 0.2) is 5.82 Å². The highest BCUT2D eigenvalue weighted by Crippen LogP contribution is 2.18. The first-order valence-corrected chi connectivity index (χ1v) is 4.25. The molecule has 0 saturated carbocycles. The van der Waals surface area contributed by atoms with Crippen molar-refractivity contribution in [1.82, 2.24) is 9.97 Å². The molecule has 1 aromatic carbocycles. The minimum absolute atomic E-state index is 0.0948. The van der Waals surface area contributed by atoms with E-state index in [2.05, 4.69) is 15.3 Å². The van der Waals surface area contributed by atoms with Crippen LogP contribution in [-0.4, -0.2) is 9.97 Å². The molecule has 1 aromatic heterocycles. The summed E-state index contributed by atoms with van der Waals surface area (Å²) < 4.78 is 26.2. The summed E-state index contributed by atoms with van der Waals surface area (Å²) in [5.41, 5.74) is 0.164. The highest BCUT2D eigenvalue weighted by atomic mass is 19.1. The molecule has 1 heterocycles. The molecular formula is C10H7F2N3. The van der Waals surface area contributed by atoms with E-state index in [1.807, 2.05) is 0 Å². The lowest BCUT2D eigenvalue weighted by Gasteiger charge is -2.05. The number of nitrogens with one attached hydrogen (secondary N) is 1. The van der Waals surface area contributed by atoms with Crippen LogP contribution in [0.1, 0.15) is 0 Å². The van der Waals surface area contributed by atoms with Gasteiger partial charge in [0, 0.05) is 12.4 Å². The fraction of sp³-hybridized carbons (Fsp3) is 0. The van der Waals surface area contributed by atoms with E-state index in [4.69, 9.17) is 0 Å². The minimum atomic E-state index is -0.763. The van der Waals surface area contributed by atoms with Crippen LogP contribution in [0, 0.1) is 11.8 Å². The van der Waals surface area contributed by atoms with E-state index >= 15 is 0 Å². The second kappa shape index (κ2) is 4.00. The number of para-hydroxylation sites is 1. The van der Waals surface area contributed by atoms with Crippen LogP contribution >= 0.6 is 0 Å². The number of hydrogen-bond donors (Lipinski definition) is 1. The predicted octanol–water partition coefficient (Wildman–Crippen LogP) is 2.50. The molecule has 3 nitrogen and oxygen atoms in total. The van der Waals surface area contributed by atoms with E-state index in [0.717, 1.165) is 0 Å². The van der Waals surface area contributed by atoms with E-state index < -0.39 is 11.8 Å². The molecule has 2 rings (SSSR count). The monoisotopic (exact) mass is 207 g/mol. The molecule has 0 saturated heterocycles. The molecule has 1 N–H and O–H groups in total. The fourth-order valence-electron chi connectivity index (χ4n) is 1.10. The third-order valence-corrected chi connectivity index (χ3v) is 1.78. The summed E-state index contributed by atoms with van der Waals surface area (Å²) in [5.74, 6) is -1.33. The summed E-state index contributed by atoms with van der Waals surface area (Å²) in [6.07, 6.45) is 2.55. The average molecular weight is 207 g/mol. The molecule has 0 aliphatic rings. The Labute approximate surface area is 84.8 Å². The summed E-state index contributed by atoms with van der Waals surface area (Å²) in [4.78, 5) is 7.09. The topological polar surface area (TPSA) is 37.8 Å². The molecule has 0 radical (unpaired) electrons. The van der Waals surface area contributed by atoms with Crippen LogP contribution in [0.4, 0.5) is 20.3 Å². The predicted molar refractivity (Wildman–Crippen MR) is 51.7 cm³/mol. The largest absolute Gasteiger partial charge is 0.334 e. The number of rotatable bonds is 2. The smallest absolute Gasteiger partial charge is 0.255 e. The van der Waals surface area contributed by atoms with Gasteiger partial charge in [-0.15, -0.1) is 0 Å². The maximum absolute atomic E-state index is 13.2. The first kappa shape index (κ1) is 9.51. The van der Waals surface area contributed by atoms with Crippen molar-refractivity contribution in [2.24, 2.45) is 0 Å². The van der Waals surface area contributed by atoms with Crippen LogP contribution in [-0.2, 0) is 0 Å². The van der Waals surface area contributed by atoms with E-state index in [1.165, 1.54) is 24.5 Å². The van der Waals surface area contributed by atoms with Crippen molar-refractivity contribution in [3.63, 3.8) is 0 Å². The number of anilines is 2. The summed E-state index contributed by atoms with van der Waals surface area (Å²) in [6.45, 7) is 0. The molecule has 2 aromatic rings. The summed E-state index contributed by atoms with van der Waals surface area (Å²) >= 11 is 0. The molecule has 0 bridgehead atoms. The van der Waals surface area contributed by atoms with Crippen LogP contribution in [0.5, 0.6) is 0 Å². The lowest BCUT2D eigenvalue weighted by molar-refractivity contribution is 0.581. The average Bonchev–Trinajstić information content (AvgIpc) is 2.24. The number of nitrogens with zero attached hydrogens (tertiary/aromatic N) is 2. The molecule has 0 amide bonds. The van der Waals surface area contributed by atoms with Gasteiger partial charge in [-0.05, 0) is 12.1 Å². The summed E-state index contributed by atoms with van der Waals surface area (Å²) in [6, 6.07) is 5.95. The molecule has 76 valence electrons. The Bertz CT molecular complexity index is 430. The maximum atomic E-state index is 13.2. The highest BCUT2D eigenvalue weighted by Gasteiger charge is 2.06. The number of benzene rings is 1. The fourth-order valence-corrected chi connectivity index (χ4v) is 1.10. The Morgan fingerprint density at radius 1 is 1.00 bits per heavy atom. The van der Waals surface area contributed by atoms with Crippen LogP contribution in [0.25, 0.3) is 0 Å². The van der Waals surface area contributed by atoms with Gasteiger partial charge in [-0.1, -0.05) is 12.1 Å². The highest BCUT2D eigenvalue weighted by molar-refractivity contribution is 5.55. The van der Waals surface area contributed by atoms with Gasteiger partial charge in [-0.25, -0.2) is 14.4 Å². The van der Waals surface area contributed by atoms with Gasteiger partial charge in [0.1, 0.15) is 5.82 Å². The van der Waals surface area contributed by atoms with Gasteiger partial charge < -0.3 is 5.32 Å². The molecule has 15 heavy (non-hydrogen) atoms. The zero-order chi connectivity index (χ0) is 10.7. The van der Waals surface area contributed by atoms with Crippen LogP contribution < -0.4 is 5.32 Å². The molecule has 0 aliphatic heterocycles. The quantitative estimate of drug-likeness (QED) is 0.822. The third kappa shape index (κ3) is 2.07. The lowest BCUT2D eigenvalue weighted by atomic mass is 10.3. The van der Waals surface area contributed by atoms with E-state index in [1.54, 1.807) is 12.1 Å². The molecule has 0 aliphatic carbocycles. The van der Waals surface area contributed by atoms with Gasteiger partial charge in [0.05, 0.1) is 5.69 Å². The zero-order valence-electron chi connectivity index (χ0n) is 7.61. The summed E-state index contributed by atoms with van der Waals surface area (Å²) in [7, 11) is 0. The number of halogens is 2. The second-order valence-corrected chi connectivity index (χ2v) is 2.80. The first-order valence-electron chi connectivity index (χ1n) is 4.25. The van der Waals surface area contributed by atoms with Crippen molar-refractivity contribution < 1.29 is 8.78 Å². The standard InChI is InChI=1S/C10H7F2N3/c11-7-3-1-2-4-8(7)15-10-9(12)13-5-6-14-10/h1-6H,(H,14,15). The normalized spacial score (nSPS) is 10.0. The van der Waals surface area contributed by atoms with Crippen molar-refractivity contribution in [3.05, 3.63) is 48.4 Å². The van der Waals surface area contributed by atoms with E-state index in [-0.39, 0.29) is 11.5 Å². The molecule has 0 fully saturated rings. The third-order valence-electron chi connectivity index (χ3n) is 1.78. The Morgan fingerprint density at radius 2 is 1.73 bits per heavy atom. The molecular weight excluding hydrogens is 200 g/mol. The van der Waals surface area contributed by atoms with Gasteiger partial charge in [0.2, 0.25) is 0 Å². The lowest BCUT2D eigenvalue weighted by Crippen LogP contribution is -2.00. The van der Waals surface area contributed by atoms with Crippen molar-refractivity contribution in [3.8, 4) is 0 Å². The first-order chi connectivity index (χ1) is 7.27. The Morgan fingerprint density at radius 3 is 2.47 bits per heavy atom. The summed E-state index contributed by atoms with van der Waals surface area (Å²) in [5, 5.41) is 2.52. The van der Waals surface area contributed by atoms with E-state index in [0.29, 0.717) is 0 Å². The van der Waals surface area contributed by atoms with Gasteiger partial charge in [-0.3, -0.25) is 0 Å². The molecule has 5 heteroatoms. The molecule has 0 unspecified atom stereocenters. The van der Waals surface area contributed by atoms with E-state index in [9.17, 15) is 8.78 Å². The van der Waals surface area contributed by atoms with Crippen molar-refractivity contribution in [2.75, 3.05) is 5.32 Å². The van der Waals surface area contributed by atoms with Crippen LogP contribution in [0.15, 0.2) is 36.7 Å². The Hall–Kier alpha value is -2.04. The number of aromatic nitrogens is 2.